The van der Waals surface area contributed by atoms with Crippen LogP contribution in [-0.4, -0.2) is 18.6 Å². The van der Waals surface area contributed by atoms with Crippen LogP contribution in [0.5, 0.6) is 5.75 Å². The number of benzene rings is 2. The summed E-state index contributed by atoms with van der Waals surface area (Å²) in [6.07, 6.45) is 2.84. The molecular weight excluding hydrogens is 357 g/mol. The zero-order chi connectivity index (χ0) is 19.6. The van der Waals surface area contributed by atoms with Gasteiger partial charge in [0.2, 0.25) is 5.91 Å². The van der Waals surface area contributed by atoms with Crippen molar-refractivity contribution >= 4 is 5.91 Å². The zero-order valence-corrected chi connectivity index (χ0v) is 14.4. The van der Waals surface area contributed by atoms with Gasteiger partial charge in [-0.1, -0.05) is 12.1 Å². The average molecular weight is 376 g/mol. The quantitative estimate of drug-likeness (QED) is 0.620. The Kier molecular flexibility index (Phi) is 5.51. The monoisotopic (exact) mass is 376 g/mol. The van der Waals surface area contributed by atoms with Gasteiger partial charge < -0.3 is 16.2 Å². The molecule has 2 aromatic carbocycles. The number of hydrogen-bond donors (Lipinski definition) is 2. The lowest BCUT2D eigenvalue weighted by Gasteiger charge is -2.29. The van der Waals surface area contributed by atoms with Crippen molar-refractivity contribution in [1.29, 1.82) is 0 Å². The molecule has 0 radical (unpaired) electrons. The van der Waals surface area contributed by atoms with Crippen molar-refractivity contribution in [3.05, 3.63) is 76.6 Å². The van der Waals surface area contributed by atoms with Gasteiger partial charge >= 0.3 is 0 Å². The van der Waals surface area contributed by atoms with Crippen LogP contribution in [0.4, 0.5) is 13.2 Å². The lowest BCUT2D eigenvalue weighted by Crippen LogP contribution is -2.32. The molecule has 142 valence electrons. The second-order valence-electron chi connectivity index (χ2n) is 6.55. The molecule has 3 rings (SSSR count). The fourth-order valence-corrected chi connectivity index (χ4v) is 3.20. The minimum absolute atomic E-state index is 0.273. The normalized spacial score (nSPS) is 19.5. The van der Waals surface area contributed by atoms with E-state index in [2.05, 4.69) is 0 Å². The maximum atomic E-state index is 13.5. The van der Waals surface area contributed by atoms with Crippen molar-refractivity contribution < 1.29 is 22.7 Å². The van der Waals surface area contributed by atoms with Gasteiger partial charge in [-0.2, -0.15) is 0 Å². The molecule has 0 spiro atoms. The van der Waals surface area contributed by atoms with Crippen LogP contribution >= 0.6 is 0 Å². The SMILES string of the molecule is NC(=O)c1cccc(OCC2=CC[C@H](c3cc(F)c(F)c(F)c3)[C@@H](N)C2)c1. The van der Waals surface area contributed by atoms with Gasteiger partial charge in [0.25, 0.3) is 0 Å². The second kappa shape index (κ2) is 7.84. The maximum Gasteiger partial charge on any atom is 0.248 e. The summed E-state index contributed by atoms with van der Waals surface area (Å²) in [6.45, 7) is 0.273. The molecule has 0 aliphatic heterocycles. The Morgan fingerprint density at radius 3 is 2.48 bits per heavy atom. The second-order valence-corrected chi connectivity index (χ2v) is 6.55. The molecule has 0 aromatic heterocycles. The van der Waals surface area contributed by atoms with Crippen LogP contribution in [0.25, 0.3) is 0 Å². The van der Waals surface area contributed by atoms with E-state index in [9.17, 15) is 18.0 Å². The predicted molar refractivity (Wildman–Crippen MR) is 94.8 cm³/mol. The van der Waals surface area contributed by atoms with E-state index in [1.807, 2.05) is 6.08 Å². The Labute approximate surface area is 154 Å². The van der Waals surface area contributed by atoms with E-state index in [4.69, 9.17) is 16.2 Å². The summed E-state index contributed by atoms with van der Waals surface area (Å²) in [7, 11) is 0. The molecule has 1 aliphatic rings. The number of amides is 1. The summed E-state index contributed by atoms with van der Waals surface area (Å²) in [5.41, 5.74) is 13.0. The molecule has 0 saturated carbocycles. The van der Waals surface area contributed by atoms with Gasteiger partial charge in [-0.15, -0.1) is 0 Å². The fraction of sp³-hybridized carbons (Fsp3) is 0.250. The summed E-state index contributed by atoms with van der Waals surface area (Å²) in [5.74, 6) is -4.26. The molecule has 4 nitrogen and oxygen atoms in total. The zero-order valence-electron chi connectivity index (χ0n) is 14.4. The fourth-order valence-electron chi connectivity index (χ4n) is 3.20. The highest BCUT2D eigenvalue weighted by Gasteiger charge is 2.26. The molecule has 1 amide bonds. The summed E-state index contributed by atoms with van der Waals surface area (Å²) < 4.78 is 45.8. The molecule has 0 fully saturated rings. The van der Waals surface area contributed by atoms with Crippen LogP contribution in [-0.2, 0) is 0 Å². The molecule has 0 saturated heterocycles. The number of carbonyl (C=O) groups is 1. The third kappa shape index (κ3) is 4.31. The van der Waals surface area contributed by atoms with Gasteiger partial charge in [0.1, 0.15) is 12.4 Å². The van der Waals surface area contributed by atoms with Gasteiger partial charge in [-0.25, -0.2) is 13.2 Å². The van der Waals surface area contributed by atoms with Crippen molar-refractivity contribution in [2.45, 2.75) is 24.8 Å². The van der Waals surface area contributed by atoms with Crippen molar-refractivity contribution in [2.75, 3.05) is 6.61 Å². The number of primary amides is 1. The van der Waals surface area contributed by atoms with Crippen LogP contribution in [0, 0.1) is 17.5 Å². The summed E-state index contributed by atoms with van der Waals surface area (Å²) in [4.78, 5) is 11.2. The van der Waals surface area contributed by atoms with Crippen LogP contribution in [0.15, 0.2) is 48.0 Å². The van der Waals surface area contributed by atoms with E-state index >= 15 is 0 Å². The number of nitrogens with two attached hydrogens (primary N) is 2. The van der Waals surface area contributed by atoms with E-state index in [-0.39, 0.29) is 18.6 Å². The van der Waals surface area contributed by atoms with Crippen molar-refractivity contribution in [1.82, 2.24) is 0 Å². The molecule has 0 unspecified atom stereocenters. The first-order chi connectivity index (χ1) is 12.8. The van der Waals surface area contributed by atoms with E-state index in [1.54, 1.807) is 24.3 Å². The highest BCUT2D eigenvalue weighted by atomic mass is 19.2. The van der Waals surface area contributed by atoms with Crippen molar-refractivity contribution in [3.8, 4) is 5.75 Å². The van der Waals surface area contributed by atoms with Gasteiger partial charge in [0, 0.05) is 17.5 Å². The van der Waals surface area contributed by atoms with E-state index < -0.39 is 23.4 Å². The number of allylic oxidation sites excluding steroid dienone is 1. The van der Waals surface area contributed by atoms with E-state index in [0.717, 1.165) is 17.7 Å². The largest absolute Gasteiger partial charge is 0.489 e. The van der Waals surface area contributed by atoms with Gasteiger partial charge in [-0.3, -0.25) is 4.79 Å². The Morgan fingerprint density at radius 2 is 1.85 bits per heavy atom. The third-order valence-corrected chi connectivity index (χ3v) is 4.65. The lowest BCUT2D eigenvalue weighted by atomic mass is 9.81. The standard InChI is InChI=1S/C20H19F3N2O2/c21-16-8-13(9-17(22)19(16)23)15-5-4-11(6-18(15)24)10-27-14-3-1-2-12(7-14)20(25)26/h1-4,7-9,15,18H,5-6,10,24H2,(H2,25,26)/t15-,18+/m1/s1. The van der Waals surface area contributed by atoms with E-state index in [0.29, 0.717) is 29.7 Å². The first-order valence-electron chi connectivity index (χ1n) is 8.45. The Hall–Kier alpha value is -2.80. The van der Waals surface area contributed by atoms with Crippen LogP contribution in [0.3, 0.4) is 0 Å². The highest BCUT2D eigenvalue weighted by molar-refractivity contribution is 5.93. The minimum atomic E-state index is -1.48. The smallest absolute Gasteiger partial charge is 0.248 e. The summed E-state index contributed by atoms with van der Waals surface area (Å²) in [5, 5.41) is 0. The molecule has 0 heterocycles. The minimum Gasteiger partial charge on any atom is -0.489 e. The Balaban J connectivity index is 1.67. The average Bonchev–Trinajstić information content (AvgIpc) is 2.64. The topological polar surface area (TPSA) is 78.3 Å². The molecule has 1 aliphatic carbocycles. The predicted octanol–water partition coefficient (Wildman–Crippen LogP) is 3.41. The van der Waals surface area contributed by atoms with Gasteiger partial charge in [0.15, 0.2) is 17.5 Å². The van der Waals surface area contributed by atoms with Gasteiger partial charge in [0.05, 0.1) is 0 Å². The first kappa shape index (κ1) is 19.0. The molecule has 2 atom stereocenters. The molecule has 2 aromatic rings. The van der Waals surface area contributed by atoms with Crippen LogP contribution < -0.4 is 16.2 Å². The molecule has 0 bridgehead atoms. The summed E-state index contributed by atoms with van der Waals surface area (Å²) >= 11 is 0. The van der Waals surface area contributed by atoms with Gasteiger partial charge in [-0.05, 0) is 54.3 Å². The number of halogens is 3. The third-order valence-electron chi connectivity index (χ3n) is 4.65. The number of rotatable bonds is 5. The van der Waals surface area contributed by atoms with Crippen LogP contribution in [0.2, 0.25) is 0 Å². The molecular formula is C20H19F3N2O2. The Bertz CT molecular complexity index is 876. The maximum absolute atomic E-state index is 13.5. The Morgan fingerprint density at radius 1 is 1.15 bits per heavy atom. The highest BCUT2D eigenvalue weighted by Crippen LogP contribution is 2.33. The van der Waals surface area contributed by atoms with Crippen molar-refractivity contribution in [2.24, 2.45) is 11.5 Å². The lowest BCUT2D eigenvalue weighted by molar-refractivity contribution is 0.1000. The summed E-state index contributed by atoms with van der Waals surface area (Å²) in [6, 6.07) is 8.14. The van der Waals surface area contributed by atoms with Crippen LogP contribution in [0.1, 0.15) is 34.7 Å². The molecule has 4 N–H and O–H groups in total. The molecule has 27 heavy (non-hydrogen) atoms. The number of hydrogen-bond acceptors (Lipinski definition) is 3. The first-order valence-corrected chi connectivity index (χ1v) is 8.45. The van der Waals surface area contributed by atoms with Crippen molar-refractivity contribution in [3.63, 3.8) is 0 Å². The molecule has 7 heteroatoms. The number of ether oxygens (including phenoxy) is 1. The van der Waals surface area contributed by atoms with E-state index in [1.165, 1.54) is 0 Å². The number of carbonyl (C=O) groups excluding carboxylic acids is 1.